The van der Waals surface area contributed by atoms with E-state index >= 15 is 0 Å². The van der Waals surface area contributed by atoms with Crippen molar-refractivity contribution in [2.24, 2.45) is 0 Å². The first kappa shape index (κ1) is 13.3. The summed E-state index contributed by atoms with van der Waals surface area (Å²) in [5.74, 6) is 0.545. The van der Waals surface area contributed by atoms with Crippen LogP contribution in [0.4, 0.5) is 0 Å². The first-order chi connectivity index (χ1) is 9.74. The van der Waals surface area contributed by atoms with Gasteiger partial charge in [-0.05, 0) is 18.2 Å². The van der Waals surface area contributed by atoms with E-state index in [-0.39, 0.29) is 0 Å². The lowest BCUT2D eigenvalue weighted by molar-refractivity contribution is 0.568. The van der Waals surface area contributed by atoms with Crippen LogP contribution in [0.3, 0.4) is 0 Å². The van der Waals surface area contributed by atoms with Crippen LogP contribution in [0.2, 0.25) is 5.02 Å². The summed E-state index contributed by atoms with van der Waals surface area (Å²) < 4.78 is 7.19. The quantitative estimate of drug-likeness (QED) is 0.673. The molecule has 0 radical (unpaired) electrons. The van der Waals surface area contributed by atoms with Gasteiger partial charge in [0.2, 0.25) is 5.89 Å². The van der Waals surface area contributed by atoms with Crippen molar-refractivity contribution in [2.75, 3.05) is 0 Å². The highest BCUT2D eigenvalue weighted by molar-refractivity contribution is 9.08. The van der Waals surface area contributed by atoms with Crippen molar-refractivity contribution in [3.8, 4) is 11.5 Å². The standard InChI is InChI=1S/C13H10BrClN4O/c14-5-11-6-19(18-17-11)7-12-8-20-13(16-12)9-2-1-3-10(15)4-9/h1-4,6,8H,5,7H2. The van der Waals surface area contributed by atoms with Gasteiger partial charge >= 0.3 is 0 Å². The summed E-state index contributed by atoms with van der Waals surface area (Å²) in [5.41, 5.74) is 2.51. The molecule has 0 aliphatic carbocycles. The second-order valence-electron chi connectivity index (χ2n) is 4.20. The monoisotopic (exact) mass is 352 g/mol. The minimum atomic E-state index is 0.518. The van der Waals surface area contributed by atoms with Gasteiger partial charge in [0, 0.05) is 22.1 Å². The van der Waals surface area contributed by atoms with Crippen molar-refractivity contribution >= 4 is 27.5 Å². The number of benzene rings is 1. The molecule has 2 heterocycles. The Morgan fingerprint density at radius 1 is 1.30 bits per heavy atom. The highest BCUT2D eigenvalue weighted by Crippen LogP contribution is 2.22. The molecule has 0 aliphatic heterocycles. The van der Waals surface area contributed by atoms with Crippen LogP contribution in [0, 0.1) is 0 Å². The first-order valence-corrected chi connectivity index (χ1v) is 7.40. The molecule has 20 heavy (non-hydrogen) atoms. The fourth-order valence-electron chi connectivity index (χ4n) is 1.78. The van der Waals surface area contributed by atoms with E-state index in [0.29, 0.717) is 22.8 Å². The van der Waals surface area contributed by atoms with Gasteiger partial charge < -0.3 is 4.42 Å². The number of hydrogen-bond acceptors (Lipinski definition) is 4. The van der Waals surface area contributed by atoms with Crippen molar-refractivity contribution < 1.29 is 4.42 Å². The molecule has 0 amide bonds. The molecule has 0 aliphatic rings. The van der Waals surface area contributed by atoms with Crippen molar-refractivity contribution in [3.05, 3.63) is 53.1 Å². The predicted octanol–water partition coefficient (Wildman–Crippen LogP) is 3.53. The van der Waals surface area contributed by atoms with E-state index in [1.165, 1.54) is 0 Å². The van der Waals surface area contributed by atoms with E-state index in [9.17, 15) is 0 Å². The number of aromatic nitrogens is 4. The summed E-state index contributed by atoms with van der Waals surface area (Å²) in [4.78, 5) is 4.43. The summed E-state index contributed by atoms with van der Waals surface area (Å²) >= 11 is 9.29. The maximum atomic E-state index is 5.95. The third kappa shape index (κ3) is 2.91. The van der Waals surface area contributed by atoms with Gasteiger partial charge in [-0.2, -0.15) is 0 Å². The topological polar surface area (TPSA) is 56.7 Å². The van der Waals surface area contributed by atoms with Crippen molar-refractivity contribution in [1.82, 2.24) is 20.0 Å². The lowest BCUT2D eigenvalue weighted by Crippen LogP contribution is -2.00. The Bertz CT molecular complexity index is 724. The maximum Gasteiger partial charge on any atom is 0.226 e. The molecule has 5 nitrogen and oxygen atoms in total. The van der Waals surface area contributed by atoms with Gasteiger partial charge in [0.15, 0.2) is 0 Å². The molecular weight excluding hydrogens is 344 g/mol. The normalized spacial score (nSPS) is 10.9. The molecule has 0 unspecified atom stereocenters. The molecule has 7 heteroatoms. The second-order valence-corrected chi connectivity index (χ2v) is 5.19. The molecule has 0 fully saturated rings. The lowest BCUT2D eigenvalue weighted by Gasteiger charge is -1.96. The van der Waals surface area contributed by atoms with Crippen molar-refractivity contribution in [2.45, 2.75) is 11.9 Å². The molecule has 3 rings (SSSR count). The molecule has 0 spiro atoms. The molecule has 0 bridgehead atoms. The van der Waals surface area contributed by atoms with Gasteiger partial charge in [-0.1, -0.05) is 38.8 Å². The Kier molecular flexibility index (Phi) is 3.84. The average molecular weight is 354 g/mol. The molecule has 3 aromatic rings. The Hall–Kier alpha value is -1.66. The third-order valence-corrected chi connectivity index (χ3v) is 3.48. The van der Waals surface area contributed by atoms with Crippen LogP contribution in [0.25, 0.3) is 11.5 Å². The number of alkyl halides is 1. The molecule has 2 aromatic heterocycles. The Labute approximate surface area is 128 Å². The summed E-state index contributed by atoms with van der Waals surface area (Å²) in [6.07, 6.45) is 3.48. The minimum absolute atomic E-state index is 0.518. The molecule has 1 aromatic carbocycles. The van der Waals surface area contributed by atoms with Crippen molar-refractivity contribution in [1.29, 1.82) is 0 Å². The highest BCUT2D eigenvalue weighted by atomic mass is 79.9. The zero-order valence-corrected chi connectivity index (χ0v) is 12.7. The van der Waals surface area contributed by atoms with Gasteiger partial charge in [0.1, 0.15) is 12.0 Å². The number of hydrogen-bond donors (Lipinski definition) is 0. The van der Waals surface area contributed by atoms with Crippen LogP contribution in [-0.2, 0) is 11.9 Å². The minimum Gasteiger partial charge on any atom is -0.444 e. The van der Waals surface area contributed by atoms with Crippen molar-refractivity contribution in [3.63, 3.8) is 0 Å². The average Bonchev–Trinajstić information content (AvgIpc) is 3.08. The van der Waals surface area contributed by atoms with E-state index in [2.05, 4.69) is 31.2 Å². The fraction of sp³-hybridized carbons (Fsp3) is 0.154. The van der Waals surface area contributed by atoms with Crippen LogP contribution < -0.4 is 0 Å². The first-order valence-electron chi connectivity index (χ1n) is 5.90. The van der Waals surface area contributed by atoms with Gasteiger partial charge in [0.05, 0.1) is 12.2 Å². The van der Waals surface area contributed by atoms with Gasteiger partial charge in [0.25, 0.3) is 0 Å². The largest absolute Gasteiger partial charge is 0.444 e. The second kappa shape index (κ2) is 5.76. The summed E-state index contributed by atoms with van der Waals surface area (Å²) in [6.45, 7) is 0.518. The van der Waals surface area contributed by atoms with Crippen LogP contribution in [-0.4, -0.2) is 20.0 Å². The molecule has 0 saturated heterocycles. The molecular formula is C13H10BrClN4O. The number of rotatable bonds is 4. The van der Waals surface area contributed by atoms with E-state index < -0.39 is 0 Å². The van der Waals surface area contributed by atoms with Crippen LogP contribution in [0.5, 0.6) is 0 Å². The molecule has 0 saturated carbocycles. The van der Waals surface area contributed by atoms with E-state index in [0.717, 1.165) is 17.0 Å². The third-order valence-electron chi connectivity index (χ3n) is 2.67. The van der Waals surface area contributed by atoms with E-state index in [1.807, 2.05) is 30.5 Å². The zero-order valence-electron chi connectivity index (χ0n) is 10.3. The molecule has 102 valence electrons. The highest BCUT2D eigenvalue weighted by Gasteiger charge is 2.08. The molecule has 0 N–H and O–H groups in total. The smallest absolute Gasteiger partial charge is 0.226 e. The SMILES string of the molecule is Clc1cccc(-c2nc(Cn3cc(CBr)nn3)co2)c1. The maximum absolute atomic E-state index is 5.95. The Morgan fingerprint density at radius 3 is 2.95 bits per heavy atom. The fourth-order valence-corrected chi connectivity index (χ4v) is 2.22. The summed E-state index contributed by atoms with van der Waals surface area (Å²) in [5, 5.41) is 9.34. The van der Waals surface area contributed by atoms with Gasteiger partial charge in [-0.3, -0.25) is 0 Å². The Morgan fingerprint density at radius 2 is 2.20 bits per heavy atom. The Balaban J connectivity index is 1.80. The number of nitrogens with zero attached hydrogens (tertiary/aromatic N) is 4. The molecule has 0 atom stereocenters. The van der Waals surface area contributed by atoms with E-state index in [4.69, 9.17) is 16.0 Å². The van der Waals surface area contributed by atoms with Crippen LogP contribution in [0.1, 0.15) is 11.4 Å². The summed E-state index contributed by atoms with van der Waals surface area (Å²) in [7, 11) is 0. The van der Waals surface area contributed by atoms with Gasteiger partial charge in [-0.25, -0.2) is 9.67 Å². The lowest BCUT2D eigenvalue weighted by atomic mass is 10.2. The number of halogens is 2. The zero-order chi connectivity index (χ0) is 13.9. The number of oxazole rings is 1. The van der Waals surface area contributed by atoms with Crippen LogP contribution in [0.15, 0.2) is 41.1 Å². The van der Waals surface area contributed by atoms with E-state index in [1.54, 1.807) is 10.9 Å². The van der Waals surface area contributed by atoms with Gasteiger partial charge in [-0.15, -0.1) is 5.10 Å². The summed E-state index contributed by atoms with van der Waals surface area (Å²) in [6, 6.07) is 7.39. The van der Waals surface area contributed by atoms with Crippen LogP contribution >= 0.6 is 27.5 Å². The predicted molar refractivity (Wildman–Crippen MR) is 78.7 cm³/mol.